The Morgan fingerprint density at radius 1 is 0.776 bits per heavy atom. The van der Waals surface area contributed by atoms with Crippen LogP contribution in [-0.2, 0) is 30.8 Å². The quantitative estimate of drug-likeness (QED) is 0.145. The van der Waals surface area contributed by atoms with Gasteiger partial charge in [0.1, 0.15) is 12.9 Å². The van der Waals surface area contributed by atoms with Crippen LogP contribution in [0.3, 0.4) is 0 Å². The molecule has 0 radical (unpaired) electrons. The van der Waals surface area contributed by atoms with Crippen LogP contribution in [0.25, 0.3) is 49.6 Å². The highest BCUT2D eigenvalue weighted by Gasteiger charge is 2.52. The normalized spacial score (nSPS) is 16.1. The number of hydrogen-bond acceptors (Lipinski definition) is 0. The van der Waals surface area contributed by atoms with Crippen molar-refractivity contribution in [3.63, 3.8) is 0 Å². The molecule has 0 atom stereocenters. The van der Waals surface area contributed by atoms with E-state index in [-0.39, 0.29) is 11.4 Å². The van der Waals surface area contributed by atoms with Gasteiger partial charge in [-0.05, 0) is 70.5 Å². The molecule has 1 aliphatic heterocycles. The summed E-state index contributed by atoms with van der Waals surface area (Å²) in [4.78, 5) is 0. The van der Waals surface area contributed by atoms with Crippen molar-refractivity contribution in [3.05, 3.63) is 137 Å². The summed E-state index contributed by atoms with van der Waals surface area (Å²) in [5, 5.41) is 5.06. The summed E-state index contributed by atoms with van der Waals surface area (Å²) in [7, 11) is 2.14. The molecule has 49 heavy (non-hydrogen) atoms. The molecule has 8 rings (SSSR count). The predicted molar refractivity (Wildman–Crippen MR) is 201 cm³/mol. The Morgan fingerprint density at radius 3 is 2.33 bits per heavy atom. The van der Waals surface area contributed by atoms with Crippen molar-refractivity contribution in [2.75, 3.05) is 0 Å². The first kappa shape index (κ1) is 31.6. The maximum Gasteiger partial charge on any atom is 0.222 e. The molecule has 0 bridgehead atoms. The number of allylic oxidation sites excluding steroid dienone is 2. The largest absolute Gasteiger partial charge is 0.222 e. The van der Waals surface area contributed by atoms with Crippen LogP contribution in [0.4, 0.5) is 4.39 Å². The minimum atomic E-state index is -0.471. The maximum absolute atomic E-state index is 16.4. The first-order valence-electron chi connectivity index (χ1n) is 18.3. The Morgan fingerprint density at radius 2 is 1.53 bits per heavy atom. The highest BCUT2D eigenvalue weighted by atomic mass is 19.1. The zero-order valence-electron chi connectivity index (χ0n) is 29.8. The summed E-state index contributed by atoms with van der Waals surface area (Å²) < 4.78 is 21.2. The van der Waals surface area contributed by atoms with E-state index in [0.717, 1.165) is 49.7 Å². The molecule has 3 heterocycles. The van der Waals surface area contributed by atoms with E-state index in [1.54, 1.807) is 6.07 Å². The van der Waals surface area contributed by atoms with Gasteiger partial charge in [0, 0.05) is 41.5 Å². The van der Waals surface area contributed by atoms with Crippen LogP contribution >= 0.6 is 0 Å². The number of pyridine rings is 2. The smallest absolute Gasteiger partial charge is 0.207 e. The highest BCUT2D eigenvalue weighted by molar-refractivity contribution is 6.04. The number of nitrogens with zero attached hydrogens (tertiary/aromatic N) is 2. The molecule has 6 aromatic rings. The predicted octanol–water partition coefficient (Wildman–Crippen LogP) is 10.7. The molecule has 0 N–H and O–H groups in total. The van der Waals surface area contributed by atoms with Crippen molar-refractivity contribution in [2.45, 2.75) is 84.1 Å². The van der Waals surface area contributed by atoms with Gasteiger partial charge >= 0.3 is 0 Å². The van der Waals surface area contributed by atoms with Crippen LogP contribution in [0, 0.1) is 5.82 Å². The van der Waals surface area contributed by atoms with Gasteiger partial charge in [-0.1, -0.05) is 102 Å². The first-order chi connectivity index (χ1) is 23.7. The number of benzene rings is 4. The molecule has 0 saturated carbocycles. The third-order valence-corrected chi connectivity index (χ3v) is 11.9. The van der Waals surface area contributed by atoms with Crippen LogP contribution in [0.15, 0.2) is 103 Å². The van der Waals surface area contributed by atoms with Gasteiger partial charge in [0.05, 0.1) is 21.9 Å². The Balaban J connectivity index is 1.37. The minimum Gasteiger partial charge on any atom is -0.207 e. The molecule has 4 aromatic carbocycles. The van der Waals surface area contributed by atoms with E-state index >= 15 is 4.39 Å². The van der Waals surface area contributed by atoms with Gasteiger partial charge in [0.25, 0.3) is 0 Å². The summed E-state index contributed by atoms with van der Waals surface area (Å²) in [6, 6.07) is 30.6. The SMILES string of the molecule is CCCCc1cc2c3c4[n+](ccc3c1)C(CC)(CC)C(=CCc1ccccc1-c1c3ccccc3cc[n+]1C)c1ccc(F)c(c1-4)C2(C)C. The molecule has 2 nitrogen and oxygen atoms in total. The molecule has 0 unspecified atom stereocenters. The van der Waals surface area contributed by atoms with Gasteiger partial charge in [-0.25, -0.2) is 8.96 Å². The van der Waals surface area contributed by atoms with E-state index in [2.05, 4.69) is 148 Å². The average molecular weight is 647 g/mol. The number of rotatable bonds is 8. The third-order valence-electron chi connectivity index (χ3n) is 11.9. The molecule has 2 aromatic heterocycles. The maximum atomic E-state index is 16.4. The summed E-state index contributed by atoms with van der Waals surface area (Å²) in [6.45, 7) is 11.4. The van der Waals surface area contributed by atoms with E-state index in [9.17, 15) is 0 Å². The zero-order chi connectivity index (χ0) is 34.1. The summed E-state index contributed by atoms with van der Waals surface area (Å²) >= 11 is 0. The molecule has 246 valence electrons. The minimum absolute atomic E-state index is 0.106. The van der Waals surface area contributed by atoms with Crippen molar-refractivity contribution >= 4 is 27.1 Å². The molecule has 0 fully saturated rings. The van der Waals surface area contributed by atoms with Crippen LogP contribution in [-0.4, -0.2) is 0 Å². The summed E-state index contributed by atoms with van der Waals surface area (Å²) in [5.74, 6) is -0.106. The number of fused-ring (bicyclic) bond motifs is 1. The van der Waals surface area contributed by atoms with Gasteiger partial charge in [0.15, 0.2) is 17.9 Å². The Hall–Kier alpha value is -4.63. The lowest BCUT2D eigenvalue weighted by atomic mass is 9.64. The fourth-order valence-corrected chi connectivity index (χ4v) is 9.33. The number of halogens is 1. The van der Waals surface area contributed by atoms with Crippen LogP contribution in [0.1, 0.15) is 88.1 Å². The van der Waals surface area contributed by atoms with Crippen molar-refractivity contribution in [2.24, 2.45) is 7.05 Å². The van der Waals surface area contributed by atoms with Crippen molar-refractivity contribution < 1.29 is 13.5 Å². The zero-order valence-corrected chi connectivity index (χ0v) is 29.8. The lowest BCUT2D eigenvalue weighted by molar-refractivity contribution is -0.740. The lowest BCUT2D eigenvalue weighted by Gasteiger charge is -2.42. The second kappa shape index (κ2) is 11.8. The number of aromatic nitrogens is 2. The Labute approximate surface area is 290 Å². The monoisotopic (exact) mass is 646 g/mol. The van der Waals surface area contributed by atoms with Gasteiger partial charge in [-0.3, -0.25) is 0 Å². The van der Waals surface area contributed by atoms with E-state index in [1.807, 2.05) is 0 Å². The fourth-order valence-electron chi connectivity index (χ4n) is 9.33. The van der Waals surface area contributed by atoms with Gasteiger partial charge < -0.3 is 0 Å². The highest BCUT2D eigenvalue weighted by Crippen LogP contribution is 2.55. The topological polar surface area (TPSA) is 7.76 Å². The van der Waals surface area contributed by atoms with E-state index < -0.39 is 5.41 Å². The van der Waals surface area contributed by atoms with Gasteiger partial charge in [0.2, 0.25) is 11.4 Å². The molecule has 0 amide bonds. The first-order valence-corrected chi connectivity index (χ1v) is 18.3. The molecule has 0 spiro atoms. The number of unbranched alkanes of at least 4 members (excludes halogenated alkanes) is 1. The molecular formula is C46H47FN2+2. The molecule has 0 saturated heterocycles. The van der Waals surface area contributed by atoms with Crippen molar-refractivity contribution in [1.82, 2.24) is 0 Å². The van der Waals surface area contributed by atoms with Crippen molar-refractivity contribution in [3.8, 4) is 22.5 Å². The summed E-state index contributed by atoms with van der Waals surface area (Å²) in [6.07, 6.45) is 13.0. The Bertz CT molecular complexity index is 2320. The van der Waals surface area contributed by atoms with Gasteiger partial charge in [-0.2, -0.15) is 4.57 Å². The average Bonchev–Trinajstić information content (AvgIpc) is 3.11. The van der Waals surface area contributed by atoms with Gasteiger partial charge in [-0.15, -0.1) is 0 Å². The van der Waals surface area contributed by atoms with Crippen molar-refractivity contribution in [1.29, 1.82) is 0 Å². The van der Waals surface area contributed by atoms with E-state index in [1.165, 1.54) is 66.3 Å². The second-order valence-electron chi connectivity index (χ2n) is 14.8. The second-order valence-corrected chi connectivity index (χ2v) is 14.8. The molecular weight excluding hydrogens is 600 g/mol. The van der Waals surface area contributed by atoms with Crippen LogP contribution in [0.5, 0.6) is 0 Å². The van der Waals surface area contributed by atoms with Crippen LogP contribution < -0.4 is 9.13 Å². The standard InChI is InChI=1S/C46H47FN2/c1-7-10-15-30-28-33-25-27-49-44-40(33)38(29-30)45(4,5)42-39(47)23-21-36(41(42)44)37(46(49,8-2)9-3)22-20-31-16-11-13-18-34(31)43-35-19-14-12-17-32(35)24-26-48(43)6/h11-14,16-19,21-29H,7-10,15,20H2,1-6H3/q+2. The Kier molecular flexibility index (Phi) is 7.59. The van der Waals surface area contributed by atoms with E-state index in [0.29, 0.717) is 0 Å². The number of hydrogen-bond donors (Lipinski definition) is 0. The third kappa shape index (κ3) is 4.58. The molecule has 2 aliphatic rings. The number of aryl methyl sites for hydroxylation is 2. The fraction of sp³-hybridized carbons (Fsp3) is 0.304. The molecule has 1 aliphatic carbocycles. The van der Waals surface area contributed by atoms with Crippen LogP contribution in [0.2, 0.25) is 0 Å². The lowest BCUT2D eigenvalue weighted by Crippen LogP contribution is -2.60. The summed E-state index contributed by atoms with van der Waals surface area (Å²) in [5.41, 5.74) is 11.3. The molecule has 3 heteroatoms. The van der Waals surface area contributed by atoms with E-state index in [4.69, 9.17) is 0 Å².